The number of hydrogen-bond donors (Lipinski definition) is 2. The van der Waals surface area contributed by atoms with E-state index in [0.29, 0.717) is 10.8 Å². The molecule has 0 fully saturated rings. The van der Waals surface area contributed by atoms with E-state index in [1.807, 2.05) is 16.7 Å². The lowest BCUT2D eigenvalue weighted by Gasteiger charge is -2.13. The van der Waals surface area contributed by atoms with Crippen molar-refractivity contribution in [1.29, 1.82) is 0 Å². The van der Waals surface area contributed by atoms with Crippen molar-refractivity contribution in [2.45, 2.75) is 19.9 Å². The van der Waals surface area contributed by atoms with Crippen LogP contribution in [0.3, 0.4) is 0 Å². The highest BCUT2D eigenvalue weighted by atomic mass is 35.5. The van der Waals surface area contributed by atoms with E-state index >= 15 is 0 Å². The number of pyridine rings is 2. The van der Waals surface area contributed by atoms with E-state index in [1.165, 1.54) is 13.2 Å². The lowest BCUT2D eigenvalue weighted by molar-refractivity contribution is -0.0389. The molecular weight excluding hydrogens is 316 g/mol. The molecule has 0 spiro atoms. The molecule has 0 aliphatic carbocycles. The number of nitrogens with one attached hydrogen (secondary N) is 1. The minimum absolute atomic E-state index is 0.260. The number of anilines is 1. The lowest BCUT2D eigenvalue weighted by Crippen LogP contribution is -2.21. The average Bonchev–Trinajstić information content (AvgIpc) is 2.92. The van der Waals surface area contributed by atoms with Gasteiger partial charge in [0.25, 0.3) is 0 Å². The minimum Gasteiger partial charge on any atom is -0.313 e. The lowest BCUT2D eigenvalue weighted by atomic mass is 10.1. The first-order chi connectivity index (χ1) is 11.0. The zero-order chi connectivity index (χ0) is 16.6. The summed E-state index contributed by atoms with van der Waals surface area (Å²) in [6.45, 7) is 4.15. The molecule has 8 heteroatoms. The molecule has 3 heterocycles. The van der Waals surface area contributed by atoms with Gasteiger partial charge in [0.2, 0.25) is 0 Å². The van der Waals surface area contributed by atoms with Gasteiger partial charge in [0.05, 0.1) is 17.0 Å². The van der Waals surface area contributed by atoms with Gasteiger partial charge in [-0.15, -0.1) is 5.17 Å². The summed E-state index contributed by atoms with van der Waals surface area (Å²) >= 11 is 6.27. The smallest absolute Gasteiger partial charge is 0.160 e. The molecule has 7 nitrogen and oxygen atoms in total. The molecule has 0 atom stereocenters. The van der Waals surface area contributed by atoms with Crippen molar-refractivity contribution >= 4 is 28.6 Å². The van der Waals surface area contributed by atoms with Crippen molar-refractivity contribution in [1.82, 2.24) is 24.7 Å². The number of rotatable bonds is 4. The number of aromatic nitrogens is 4. The van der Waals surface area contributed by atoms with Crippen LogP contribution in [0.15, 0.2) is 30.7 Å². The predicted octanol–water partition coefficient (Wildman–Crippen LogP) is 3.38. The summed E-state index contributed by atoms with van der Waals surface area (Å²) in [4.78, 5) is 13.2. The Morgan fingerprint density at radius 3 is 2.78 bits per heavy atom. The summed E-state index contributed by atoms with van der Waals surface area (Å²) in [5.41, 5.74) is 5.76. The van der Waals surface area contributed by atoms with Crippen LogP contribution in [-0.4, -0.2) is 36.9 Å². The Balaban J connectivity index is 2.10. The number of nitrogens with zero attached hydrogens (tertiary/aromatic N) is 5. The van der Waals surface area contributed by atoms with Crippen LogP contribution in [0, 0.1) is 0 Å². The maximum absolute atomic E-state index is 9.27. The Labute approximate surface area is 138 Å². The topological polar surface area (TPSA) is 79.1 Å². The average molecular weight is 333 g/mol. The largest absolute Gasteiger partial charge is 0.313 e. The third kappa shape index (κ3) is 3.12. The van der Waals surface area contributed by atoms with E-state index in [-0.39, 0.29) is 6.04 Å². The molecule has 0 amide bonds. The summed E-state index contributed by atoms with van der Waals surface area (Å²) in [5, 5.41) is 10.6. The Morgan fingerprint density at radius 1 is 1.30 bits per heavy atom. The van der Waals surface area contributed by atoms with E-state index in [0.717, 1.165) is 27.6 Å². The number of halogens is 1. The first-order valence-corrected chi connectivity index (χ1v) is 7.52. The second-order valence-corrected chi connectivity index (χ2v) is 5.88. The number of imidazole rings is 1. The van der Waals surface area contributed by atoms with Crippen LogP contribution in [0.1, 0.15) is 19.9 Å². The van der Waals surface area contributed by atoms with Crippen molar-refractivity contribution < 1.29 is 5.21 Å². The third-order valence-electron chi connectivity index (χ3n) is 3.38. The molecule has 120 valence electrons. The minimum atomic E-state index is 0.260. The fourth-order valence-electron chi connectivity index (χ4n) is 2.30. The number of hydrogen-bond acceptors (Lipinski definition) is 6. The van der Waals surface area contributed by atoms with Crippen LogP contribution >= 0.6 is 11.6 Å². The van der Waals surface area contributed by atoms with Crippen LogP contribution in [0.25, 0.3) is 22.4 Å². The maximum atomic E-state index is 9.27. The van der Waals surface area contributed by atoms with Crippen molar-refractivity contribution in [3.8, 4) is 11.3 Å². The van der Waals surface area contributed by atoms with Crippen LogP contribution in [0.4, 0.5) is 5.82 Å². The number of fused-ring (bicyclic) bond motifs is 1. The van der Waals surface area contributed by atoms with E-state index in [1.54, 1.807) is 12.4 Å². The van der Waals surface area contributed by atoms with E-state index in [2.05, 4.69) is 29.2 Å². The molecule has 0 aliphatic heterocycles. The molecule has 0 saturated heterocycles. The van der Waals surface area contributed by atoms with Gasteiger partial charge < -0.3 is 4.57 Å². The van der Waals surface area contributed by atoms with Gasteiger partial charge in [-0.2, -0.15) is 0 Å². The highest BCUT2D eigenvalue weighted by molar-refractivity contribution is 6.33. The molecule has 0 bridgehead atoms. The van der Waals surface area contributed by atoms with Gasteiger partial charge in [0.15, 0.2) is 5.65 Å². The monoisotopic (exact) mass is 332 g/mol. The second kappa shape index (κ2) is 6.11. The number of hydroxylamine groups is 1. The normalized spacial score (nSPS) is 11.6. The molecule has 3 aromatic rings. The zero-order valence-corrected chi connectivity index (χ0v) is 13.8. The maximum Gasteiger partial charge on any atom is 0.160 e. The van der Waals surface area contributed by atoms with Gasteiger partial charge >= 0.3 is 0 Å². The summed E-state index contributed by atoms with van der Waals surface area (Å²) in [5.74, 6) is 0.466. The van der Waals surface area contributed by atoms with Crippen LogP contribution in [0.2, 0.25) is 5.02 Å². The van der Waals surface area contributed by atoms with E-state index in [4.69, 9.17) is 16.6 Å². The first kappa shape index (κ1) is 15.7. The highest BCUT2D eigenvalue weighted by Crippen LogP contribution is 2.29. The fourth-order valence-corrected chi connectivity index (χ4v) is 2.50. The molecule has 0 saturated carbocycles. The van der Waals surface area contributed by atoms with E-state index < -0.39 is 0 Å². The van der Waals surface area contributed by atoms with Crippen LogP contribution < -0.4 is 5.43 Å². The van der Waals surface area contributed by atoms with Crippen molar-refractivity contribution in [2.75, 3.05) is 12.5 Å². The molecule has 3 rings (SSSR count). The quantitative estimate of drug-likeness (QED) is 0.713. The summed E-state index contributed by atoms with van der Waals surface area (Å²) in [6.07, 6.45) is 3.31. The standard InChI is InChI=1S/C15H17ClN6O/c1-9(2)22-8-18-13-5-4-12(19-15(13)22)10-6-14(20-21(3)23)17-7-11(10)16/h4-9,23H,1-3H3,(H,17,20). The van der Waals surface area contributed by atoms with Gasteiger partial charge in [-0.05, 0) is 32.0 Å². The number of hydrazine groups is 1. The van der Waals surface area contributed by atoms with E-state index in [9.17, 15) is 5.21 Å². The van der Waals surface area contributed by atoms with Crippen LogP contribution in [0.5, 0.6) is 0 Å². The Hall–Kier alpha value is -2.22. The molecule has 2 N–H and O–H groups in total. The summed E-state index contributed by atoms with van der Waals surface area (Å²) in [7, 11) is 1.46. The third-order valence-corrected chi connectivity index (χ3v) is 3.69. The fraction of sp³-hybridized carbons (Fsp3) is 0.267. The summed E-state index contributed by atoms with van der Waals surface area (Å²) < 4.78 is 2.01. The molecule has 0 aliphatic rings. The SMILES string of the molecule is CC(C)n1cnc2ccc(-c3cc(NN(C)O)ncc3Cl)nc21. The zero-order valence-electron chi connectivity index (χ0n) is 13.0. The molecule has 0 aromatic carbocycles. The molecule has 3 aromatic heterocycles. The molecule has 0 radical (unpaired) electrons. The molecule has 0 unspecified atom stereocenters. The predicted molar refractivity (Wildman–Crippen MR) is 89.3 cm³/mol. The second-order valence-electron chi connectivity index (χ2n) is 5.47. The molecular formula is C15H17ClN6O. The van der Waals surface area contributed by atoms with Gasteiger partial charge in [-0.25, -0.2) is 15.0 Å². The van der Waals surface area contributed by atoms with Crippen LogP contribution in [-0.2, 0) is 0 Å². The van der Waals surface area contributed by atoms with Crippen molar-refractivity contribution in [3.63, 3.8) is 0 Å². The van der Waals surface area contributed by atoms with Crippen molar-refractivity contribution in [3.05, 3.63) is 35.7 Å². The van der Waals surface area contributed by atoms with Crippen molar-refractivity contribution in [2.24, 2.45) is 0 Å². The van der Waals surface area contributed by atoms with Gasteiger partial charge in [0, 0.05) is 24.8 Å². The van der Waals surface area contributed by atoms with Gasteiger partial charge in [-0.3, -0.25) is 10.6 Å². The summed E-state index contributed by atoms with van der Waals surface area (Å²) in [6, 6.07) is 5.78. The highest BCUT2D eigenvalue weighted by Gasteiger charge is 2.12. The van der Waals surface area contributed by atoms with Gasteiger partial charge in [0.1, 0.15) is 11.3 Å². The molecule has 23 heavy (non-hydrogen) atoms. The Kier molecular flexibility index (Phi) is 4.16. The van der Waals surface area contributed by atoms with Gasteiger partial charge in [-0.1, -0.05) is 11.6 Å². The Morgan fingerprint density at radius 2 is 2.09 bits per heavy atom. The first-order valence-electron chi connectivity index (χ1n) is 7.14. The Bertz CT molecular complexity index is 845.